The number of carbonyl (C=O) groups excluding carboxylic acids is 2. The van der Waals surface area contributed by atoms with Crippen LogP contribution in [-0.4, -0.2) is 67.4 Å². The van der Waals surface area contributed by atoms with Crippen LogP contribution in [0.1, 0.15) is 27.2 Å². The van der Waals surface area contributed by atoms with Crippen molar-refractivity contribution in [3.8, 4) is 0 Å². The molecule has 1 rings (SSSR count). The van der Waals surface area contributed by atoms with E-state index in [1.165, 1.54) is 0 Å². The van der Waals surface area contributed by atoms with Gasteiger partial charge in [-0.05, 0) is 18.4 Å². The van der Waals surface area contributed by atoms with E-state index >= 15 is 0 Å². The molecule has 0 spiro atoms. The highest BCUT2D eigenvalue weighted by atomic mass is 35.5. The molecular weight excluding hydrogens is 327 g/mol. The Kier molecular flexibility index (Phi) is 11.9. The fourth-order valence-electron chi connectivity index (χ4n) is 2.07. The predicted molar refractivity (Wildman–Crippen MR) is 93.7 cm³/mol. The molecule has 1 aliphatic heterocycles. The second-order valence-corrected chi connectivity index (χ2v) is 6.51. The molecule has 6 nitrogen and oxygen atoms in total. The third kappa shape index (κ3) is 9.46. The fraction of sp³-hybridized carbons (Fsp3) is 0.857. The molecule has 0 unspecified atom stereocenters. The van der Waals surface area contributed by atoms with Crippen molar-refractivity contribution >= 4 is 36.6 Å². The Morgan fingerprint density at radius 2 is 1.64 bits per heavy atom. The van der Waals surface area contributed by atoms with Gasteiger partial charge >= 0.3 is 0 Å². The third-order valence-corrected chi connectivity index (χ3v) is 3.53. The predicted octanol–water partition coefficient (Wildman–Crippen LogP) is 0.485. The van der Waals surface area contributed by atoms with Gasteiger partial charge < -0.3 is 16.0 Å². The number of nitrogens with two attached hydrogens (primary N) is 1. The number of nitrogens with zero attached hydrogens (tertiary/aromatic N) is 2. The van der Waals surface area contributed by atoms with Crippen molar-refractivity contribution in [3.63, 3.8) is 0 Å². The second-order valence-electron chi connectivity index (χ2n) is 6.51. The smallest absolute Gasteiger partial charge is 0.242 e. The van der Waals surface area contributed by atoms with Crippen LogP contribution in [0.5, 0.6) is 0 Å². The Labute approximate surface area is 146 Å². The number of amides is 2. The summed E-state index contributed by atoms with van der Waals surface area (Å²) in [5.41, 5.74) is 5.53. The Morgan fingerprint density at radius 1 is 1.09 bits per heavy atom. The van der Waals surface area contributed by atoms with Gasteiger partial charge in [-0.15, -0.1) is 24.8 Å². The molecule has 0 saturated carbocycles. The molecule has 3 N–H and O–H groups in total. The lowest BCUT2D eigenvalue weighted by atomic mass is 9.92. The molecule has 0 atom stereocenters. The number of halogens is 2. The van der Waals surface area contributed by atoms with Crippen LogP contribution in [-0.2, 0) is 9.59 Å². The van der Waals surface area contributed by atoms with Gasteiger partial charge in [-0.2, -0.15) is 0 Å². The summed E-state index contributed by atoms with van der Waals surface area (Å²) in [5.74, 6) is -0.315. The molecule has 1 saturated heterocycles. The number of rotatable bonds is 5. The summed E-state index contributed by atoms with van der Waals surface area (Å²) in [6.07, 6.45) is 1.16. The number of nitrogens with one attached hydrogen (secondary N) is 1. The number of carbonyl (C=O) groups is 2. The lowest BCUT2D eigenvalue weighted by Gasteiger charge is -2.36. The van der Waals surface area contributed by atoms with E-state index in [1.54, 1.807) is 0 Å². The van der Waals surface area contributed by atoms with Crippen molar-refractivity contribution < 1.29 is 9.59 Å². The van der Waals surface area contributed by atoms with E-state index in [-0.39, 0.29) is 49.7 Å². The topological polar surface area (TPSA) is 78.7 Å². The van der Waals surface area contributed by atoms with Crippen LogP contribution in [0.3, 0.4) is 0 Å². The first kappa shape index (κ1) is 23.7. The summed E-state index contributed by atoms with van der Waals surface area (Å²) in [6.45, 7) is 11.1. The van der Waals surface area contributed by atoms with Gasteiger partial charge in [0.1, 0.15) is 0 Å². The quantitative estimate of drug-likeness (QED) is 0.751. The first-order chi connectivity index (χ1) is 9.31. The highest BCUT2D eigenvalue weighted by Gasteiger charge is 2.22. The summed E-state index contributed by atoms with van der Waals surface area (Å²) in [4.78, 5) is 27.1. The average molecular weight is 357 g/mol. The zero-order valence-corrected chi connectivity index (χ0v) is 15.4. The van der Waals surface area contributed by atoms with Crippen molar-refractivity contribution in [2.24, 2.45) is 11.1 Å². The Hall–Kier alpha value is -0.560. The molecule has 8 heteroatoms. The van der Waals surface area contributed by atoms with Crippen molar-refractivity contribution in [1.29, 1.82) is 0 Å². The normalized spacial score (nSPS) is 15.5. The van der Waals surface area contributed by atoms with Gasteiger partial charge in [-0.3, -0.25) is 14.5 Å². The second kappa shape index (κ2) is 11.0. The monoisotopic (exact) mass is 356 g/mol. The van der Waals surface area contributed by atoms with Gasteiger partial charge in [0.15, 0.2) is 0 Å². The molecule has 2 amide bonds. The van der Waals surface area contributed by atoms with Gasteiger partial charge in [0, 0.05) is 26.2 Å². The summed E-state index contributed by atoms with van der Waals surface area (Å²) in [7, 11) is 0. The maximum Gasteiger partial charge on any atom is 0.242 e. The van der Waals surface area contributed by atoms with E-state index in [1.807, 2.05) is 4.90 Å². The molecular formula is C14H30Cl2N4O2. The minimum atomic E-state index is -0.290. The van der Waals surface area contributed by atoms with E-state index in [2.05, 4.69) is 31.0 Å². The van der Waals surface area contributed by atoms with Crippen LogP contribution in [0.25, 0.3) is 0 Å². The van der Waals surface area contributed by atoms with Gasteiger partial charge in [0.05, 0.1) is 13.1 Å². The summed E-state index contributed by atoms with van der Waals surface area (Å²) in [5, 5.41) is 2.52. The van der Waals surface area contributed by atoms with Crippen LogP contribution in [0.2, 0.25) is 0 Å². The molecule has 1 fully saturated rings. The van der Waals surface area contributed by atoms with Crippen molar-refractivity contribution in [1.82, 2.24) is 15.1 Å². The van der Waals surface area contributed by atoms with E-state index in [0.29, 0.717) is 5.41 Å². The number of piperazine rings is 1. The largest absolute Gasteiger partial charge is 0.346 e. The lowest BCUT2D eigenvalue weighted by Crippen LogP contribution is -2.51. The molecule has 132 valence electrons. The zero-order chi connectivity index (χ0) is 15.2. The SMILES string of the molecule is CC(C)(C)CCN1CCN(C(=O)CNC(=O)CN)CC1.Cl.Cl. The first-order valence-electron chi connectivity index (χ1n) is 7.29. The minimum absolute atomic E-state index is 0. The standard InChI is InChI=1S/C14H28N4O2.2ClH/c1-14(2,3)4-5-17-6-8-18(9-7-17)13(20)11-16-12(19)10-15;;/h4-11,15H2,1-3H3,(H,16,19);2*1H. The van der Waals surface area contributed by atoms with Crippen LogP contribution in [0, 0.1) is 5.41 Å². The van der Waals surface area contributed by atoms with Crippen LogP contribution in [0.4, 0.5) is 0 Å². The summed E-state index contributed by atoms with van der Waals surface area (Å²) in [6, 6.07) is 0. The number of hydrogen-bond donors (Lipinski definition) is 2. The number of hydrogen-bond acceptors (Lipinski definition) is 4. The molecule has 1 heterocycles. The third-order valence-electron chi connectivity index (χ3n) is 3.53. The van der Waals surface area contributed by atoms with Crippen molar-refractivity contribution in [3.05, 3.63) is 0 Å². The summed E-state index contributed by atoms with van der Waals surface area (Å²) < 4.78 is 0. The highest BCUT2D eigenvalue weighted by Crippen LogP contribution is 2.19. The van der Waals surface area contributed by atoms with Crippen LogP contribution < -0.4 is 11.1 Å². The Bertz CT molecular complexity index is 340. The molecule has 0 aromatic rings. The van der Waals surface area contributed by atoms with Crippen molar-refractivity contribution in [2.45, 2.75) is 27.2 Å². The van der Waals surface area contributed by atoms with Crippen LogP contribution in [0.15, 0.2) is 0 Å². The van der Waals surface area contributed by atoms with E-state index in [4.69, 9.17) is 5.73 Å². The van der Waals surface area contributed by atoms with E-state index in [9.17, 15) is 9.59 Å². The van der Waals surface area contributed by atoms with Crippen LogP contribution >= 0.6 is 24.8 Å². The van der Waals surface area contributed by atoms with Gasteiger partial charge in [-0.25, -0.2) is 0 Å². The Morgan fingerprint density at radius 3 is 2.09 bits per heavy atom. The zero-order valence-electron chi connectivity index (χ0n) is 13.8. The molecule has 0 radical (unpaired) electrons. The minimum Gasteiger partial charge on any atom is -0.346 e. The summed E-state index contributed by atoms with van der Waals surface area (Å²) >= 11 is 0. The highest BCUT2D eigenvalue weighted by molar-refractivity contribution is 5.86. The lowest BCUT2D eigenvalue weighted by molar-refractivity contribution is -0.134. The first-order valence-corrected chi connectivity index (χ1v) is 7.29. The van der Waals surface area contributed by atoms with E-state index in [0.717, 1.165) is 39.1 Å². The molecule has 0 bridgehead atoms. The average Bonchev–Trinajstić information content (AvgIpc) is 2.41. The molecule has 1 aliphatic rings. The maximum atomic E-state index is 11.9. The van der Waals surface area contributed by atoms with Gasteiger partial charge in [0.25, 0.3) is 0 Å². The van der Waals surface area contributed by atoms with Crippen molar-refractivity contribution in [2.75, 3.05) is 45.8 Å². The van der Waals surface area contributed by atoms with E-state index < -0.39 is 0 Å². The molecule has 0 aliphatic carbocycles. The molecule has 0 aromatic carbocycles. The fourth-order valence-corrected chi connectivity index (χ4v) is 2.07. The van der Waals surface area contributed by atoms with Gasteiger partial charge in [0.2, 0.25) is 11.8 Å². The Balaban J connectivity index is 0. The molecule has 22 heavy (non-hydrogen) atoms. The van der Waals surface area contributed by atoms with Gasteiger partial charge in [-0.1, -0.05) is 20.8 Å². The molecule has 0 aromatic heterocycles. The maximum absolute atomic E-state index is 11.9.